The minimum atomic E-state index is -3.89. The molecular formula is C25H21FN2O4S. The smallest absolute Gasteiger partial charge is 0.251 e. The van der Waals surface area contributed by atoms with Crippen molar-refractivity contribution in [2.24, 2.45) is 0 Å². The molecule has 6 nitrogen and oxygen atoms in total. The van der Waals surface area contributed by atoms with Crippen molar-refractivity contribution in [1.82, 2.24) is 10.3 Å². The molecule has 168 valence electrons. The van der Waals surface area contributed by atoms with Crippen LogP contribution >= 0.6 is 0 Å². The fourth-order valence-corrected chi connectivity index (χ4v) is 4.63. The zero-order valence-corrected chi connectivity index (χ0v) is 18.6. The van der Waals surface area contributed by atoms with E-state index >= 15 is 0 Å². The van der Waals surface area contributed by atoms with Crippen LogP contribution in [0.25, 0.3) is 10.8 Å². The number of sulfone groups is 1. The Bertz CT molecular complexity index is 1420. The maximum atomic E-state index is 14.1. The number of hydrogen-bond acceptors (Lipinski definition) is 5. The van der Waals surface area contributed by atoms with Crippen LogP contribution in [0, 0.1) is 5.82 Å². The second kappa shape index (κ2) is 9.38. The summed E-state index contributed by atoms with van der Waals surface area (Å²) in [7, 11) is -3.89. The Hall–Kier alpha value is -3.78. The van der Waals surface area contributed by atoms with Crippen molar-refractivity contribution in [2.75, 3.05) is 6.61 Å². The molecule has 0 atom stereocenters. The summed E-state index contributed by atoms with van der Waals surface area (Å²) in [5, 5.41) is 4.68. The molecule has 0 aliphatic rings. The molecule has 8 heteroatoms. The van der Waals surface area contributed by atoms with Crippen molar-refractivity contribution in [1.29, 1.82) is 0 Å². The Morgan fingerprint density at radius 3 is 2.45 bits per heavy atom. The van der Waals surface area contributed by atoms with Crippen molar-refractivity contribution in [3.05, 3.63) is 96.1 Å². The molecule has 3 aromatic carbocycles. The van der Waals surface area contributed by atoms with E-state index < -0.39 is 15.7 Å². The zero-order valence-electron chi connectivity index (χ0n) is 17.8. The number of nitrogens with zero attached hydrogens (tertiary/aromatic N) is 1. The van der Waals surface area contributed by atoms with Crippen molar-refractivity contribution in [2.45, 2.75) is 23.3 Å². The summed E-state index contributed by atoms with van der Waals surface area (Å²) in [6, 6.07) is 16.9. The molecule has 0 bridgehead atoms. The van der Waals surface area contributed by atoms with E-state index in [1.165, 1.54) is 24.3 Å². The predicted octanol–water partition coefficient (Wildman–Crippen LogP) is 4.54. The predicted molar refractivity (Wildman–Crippen MR) is 122 cm³/mol. The molecule has 0 spiro atoms. The SMILES string of the molecule is CCOc1ccc(S(=O)(=O)c2ccc(CNC(=O)c3ccc4ccncc4c3)cc2)cc1F. The van der Waals surface area contributed by atoms with E-state index in [0.29, 0.717) is 5.56 Å². The number of carbonyl (C=O) groups excluding carboxylic acids is 1. The van der Waals surface area contributed by atoms with E-state index in [9.17, 15) is 17.6 Å². The third-order valence-electron chi connectivity index (χ3n) is 5.10. The van der Waals surface area contributed by atoms with Gasteiger partial charge in [-0.2, -0.15) is 0 Å². The summed E-state index contributed by atoms with van der Waals surface area (Å²) < 4.78 is 44.9. The lowest BCUT2D eigenvalue weighted by Crippen LogP contribution is -2.22. The second-order valence-electron chi connectivity index (χ2n) is 7.29. The second-order valence-corrected chi connectivity index (χ2v) is 9.24. The van der Waals surface area contributed by atoms with Crippen LogP contribution in [0.3, 0.4) is 0 Å². The molecule has 0 saturated heterocycles. The summed E-state index contributed by atoms with van der Waals surface area (Å²) in [6.07, 6.45) is 3.39. The average Bonchev–Trinajstić information content (AvgIpc) is 2.83. The van der Waals surface area contributed by atoms with Crippen molar-refractivity contribution in [3.8, 4) is 5.75 Å². The van der Waals surface area contributed by atoms with Gasteiger partial charge in [-0.1, -0.05) is 18.2 Å². The topological polar surface area (TPSA) is 85.4 Å². The monoisotopic (exact) mass is 464 g/mol. The highest BCUT2D eigenvalue weighted by atomic mass is 32.2. The number of benzene rings is 3. The number of halogens is 1. The first-order valence-electron chi connectivity index (χ1n) is 10.3. The fourth-order valence-electron chi connectivity index (χ4n) is 3.35. The molecule has 4 rings (SSSR count). The Morgan fingerprint density at radius 2 is 1.73 bits per heavy atom. The van der Waals surface area contributed by atoms with E-state index in [-0.39, 0.29) is 34.6 Å². The van der Waals surface area contributed by atoms with Gasteiger partial charge in [0.15, 0.2) is 11.6 Å². The summed E-state index contributed by atoms with van der Waals surface area (Å²) >= 11 is 0. The number of ether oxygens (including phenoxy) is 1. The number of fused-ring (bicyclic) bond motifs is 1. The Kier molecular flexibility index (Phi) is 6.37. The molecule has 0 saturated carbocycles. The number of hydrogen-bond donors (Lipinski definition) is 1. The maximum Gasteiger partial charge on any atom is 0.251 e. The van der Waals surface area contributed by atoms with Gasteiger partial charge in [0, 0.05) is 29.9 Å². The fraction of sp³-hybridized carbons (Fsp3) is 0.120. The van der Waals surface area contributed by atoms with Gasteiger partial charge in [0.2, 0.25) is 9.84 Å². The molecule has 1 heterocycles. The van der Waals surface area contributed by atoms with Crippen molar-refractivity contribution < 1.29 is 22.3 Å². The average molecular weight is 465 g/mol. The van der Waals surface area contributed by atoms with Gasteiger partial charge in [0.25, 0.3) is 5.91 Å². The molecule has 0 aliphatic heterocycles. The third-order valence-corrected chi connectivity index (χ3v) is 6.87. The maximum absolute atomic E-state index is 14.1. The van der Waals surface area contributed by atoms with Crippen molar-refractivity contribution in [3.63, 3.8) is 0 Å². The highest BCUT2D eigenvalue weighted by molar-refractivity contribution is 7.91. The summed E-state index contributed by atoms with van der Waals surface area (Å²) in [4.78, 5) is 16.4. The van der Waals surface area contributed by atoms with Gasteiger partial charge >= 0.3 is 0 Å². The van der Waals surface area contributed by atoms with Crippen LogP contribution in [-0.2, 0) is 16.4 Å². The molecule has 33 heavy (non-hydrogen) atoms. The molecule has 4 aromatic rings. The normalized spacial score (nSPS) is 11.3. The van der Waals surface area contributed by atoms with Crippen LogP contribution in [0.4, 0.5) is 4.39 Å². The number of nitrogens with one attached hydrogen (secondary N) is 1. The van der Waals surface area contributed by atoms with Gasteiger partial charge in [-0.3, -0.25) is 9.78 Å². The van der Waals surface area contributed by atoms with Gasteiger partial charge in [0.05, 0.1) is 16.4 Å². The first kappa shape index (κ1) is 22.4. The number of amides is 1. The Morgan fingerprint density at radius 1 is 0.970 bits per heavy atom. The first-order chi connectivity index (χ1) is 15.9. The Balaban J connectivity index is 1.45. The largest absolute Gasteiger partial charge is 0.491 e. The lowest BCUT2D eigenvalue weighted by atomic mass is 10.1. The lowest BCUT2D eigenvalue weighted by Gasteiger charge is -2.10. The van der Waals surface area contributed by atoms with E-state index in [0.717, 1.165) is 22.4 Å². The molecule has 0 unspecified atom stereocenters. The van der Waals surface area contributed by atoms with Gasteiger partial charge in [-0.15, -0.1) is 0 Å². The summed E-state index contributed by atoms with van der Waals surface area (Å²) in [5.74, 6) is -0.978. The van der Waals surface area contributed by atoms with E-state index in [1.54, 1.807) is 43.6 Å². The Labute approximate surface area is 191 Å². The molecule has 1 N–H and O–H groups in total. The van der Waals surface area contributed by atoms with Gasteiger partial charge in [0.1, 0.15) is 0 Å². The highest BCUT2D eigenvalue weighted by Gasteiger charge is 2.20. The highest BCUT2D eigenvalue weighted by Crippen LogP contribution is 2.26. The van der Waals surface area contributed by atoms with Crippen molar-refractivity contribution >= 4 is 26.5 Å². The number of carbonyl (C=O) groups is 1. The molecule has 1 amide bonds. The van der Waals surface area contributed by atoms with Crippen LogP contribution < -0.4 is 10.1 Å². The minimum absolute atomic E-state index is 0.00483. The van der Waals surface area contributed by atoms with Gasteiger partial charge in [-0.25, -0.2) is 12.8 Å². The standard InChI is InChI=1S/C25H21FN2O4S/c1-2-32-24-10-9-22(14-23(24)26)33(30,31)21-7-3-17(4-8-21)15-28-25(29)19-6-5-18-11-12-27-16-20(18)13-19/h3-14,16H,2,15H2,1H3,(H,28,29). The van der Waals surface area contributed by atoms with Gasteiger partial charge in [-0.05, 0) is 66.4 Å². The van der Waals surface area contributed by atoms with Crippen LogP contribution in [0.2, 0.25) is 0 Å². The lowest BCUT2D eigenvalue weighted by molar-refractivity contribution is 0.0951. The third kappa shape index (κ3) is 4.85. The molecule has 1 aromatic heterocycles. The molecule has 0 fully saturated rings. The molecule has 0 aliphatic carbocycles. The number of pyridine rings is 1. The molecular weight excluding hydrogens is 443 g/mol. The summed E-state index contributed by atoms with van der Waals surface area (Å²) in [6.45, 7) is 2.22. The number of rotatable bonds is 7. The van der Waals surface area contributed by atoms with E-state index in [1.807, 2.05) is 12.1 Å². The zero-order chi connectivity index (χ0) is 23.4. The van der Waals surface area contributed by atoms with Crippen LogP contribution in [0.5, 0.6) is 5.75 Å². The van der Waals surface area contributed by atoms with E-state index in [2.05, 4.69) is 10.3 Å². The quantitative estimate of drug-likeness (QED) is 0.434. The van der Waals surface area contributed by atoms with Crippen LogP contribution in [0.15, 0.2) is 88.9 Å². The first-order valence-corrected chi connectivity index (χ1v) is 11.7. The van der Waals surface area contributed by atoms with Crippen LogP contribution in [0.1, 0.15) is 22.8 Å². The van der Waals surface area contributed by atoms with Crippen LogP contribution in [-0.4, -0.2) is 25.9 Å². The number of aromatic nitrogens is 1. The van der Waals surface area contributed by atoms with Gasteiger partial charge < -0.3 is 10.1 Å². The molecule has 0 radical (unpaired) electrons. The minimum Gasteiger partial charge on any atom is -0.491 e. The summed E-state index contributed by atoms with van der Waals surface area (Å²) in [5.41, 5.74) is 1.23. The van der Waals surface area contributed by atoms with E-state index in [4.69, 9.17) is 4.74 Å².